The van der Waals surface area contributed by atoms with Gasteiger partial charge in [-0.3, -0.25) is 9.59 Å². The van der Waals surface area contributed by atoms with Crippen LogP contribution < -0.4 is 0 Å². The van der Waals surface area contributed by atoms with Crippen molar-refractivity contribution in [3.63, 3.8) is 0 Å². The topological polar surface area (TPSA) is 34.1 Å². The number of hydrogen-bond acceptors (Lipinski definition) is 2. The van der Waals surface area contributed by atoms with Crippen LogP contribution in [0.5, 0.6) is 0 Å². The molecule has 0 aromatic rings. The van der Waals surface area contributed by atoms with E-state index in [9.17, 15) is 9.59 Å². The second kappa shape index (κ2) is 2.23. The molecule has 2 nitrogen and oxygen atoms in total. The Hall–Kier alpha value is -0.660. The van der Waals surface area contributed by atoms with E-state index in [0.29, 0.717) is 11.6 Å². The van der Waals surface area contributed by atoms with Gasteiger partial charge >= 0.3 is 0 Å². The third-order valence-electron chi connectivity index (χ3n) is 4.43. The first-order valence-corrected chi connectivity index (χ1v) is 5.34. The number of ketones is 2. The van der Waals surface area contributed by atoms with Gasteiger partial charge in [0.2, 0.25) is 0 Å². The molecule has 2 unspecified atom stereocenters. The minimum absolute atomic E-state index is 0.130. The molecule has 0 bridgehead atoms. The number of rotatable bonds is 0. The van der Waals surface area contributed by atoms with Crippen molar-refractivity contribution in [3.8, 4) is 0 Å². The third-order valence-corrected chi connectivity index (χ3v) is 4.43. The molecule has 0 aliphatic heterocycles. The molecule has 0 amide bonds. The van der Waals surface area contributed by atoms with Crippen LogP contribution in [0.15, 0.2) is 0 Å². The van der Waals surface area contributed by atoms with Crippen molar-refractivity contribution in [1.82, 2.24) is 0 Å². The maximum atomic E-state index is 11.9. The standard InChI is InChI=1S/C11H14O2/c12-9-5-1-3-7-10(13)8-4-2-6-11(7,8)9/h7-8H,1-6H2/t7-,8?,11?/m1/s1. The largest absolute Gasteiger partial charge is 0.299 e. The molecule has 3 atom stereocenters. The lowest BCUT2D eigenvalue weighted by Crippen LogP contribution is -2.60. The number of hydrogen-bond donors (Lipinski definition) is 0. The molecule has 0 N–H and O–H groups in total. The fraction of sp³-hybridized carbons (Fsp3) is 0.818. The van der Waals surface area contributed by atoms with E-state index < -0.39 is 0 Å². The summed E-state index contributed by atoms with van der Waals surface area (Å²) in [6, 6.07) is 0. The van der Waals surface area contributed by atoms with Crippen LogP contribution >= 0.6 is 0 Å². The minimum Gasteiger partial charge on any atom is -0.299 e. The summed E-state index contributed by atoms with van der Waals surface area (Å²) in [5.74, 6) is 1.10. The van der Waals surface area contributed by atoms with Gasteiger partial charge in [-0.2, -0.15) is 0 Å². The summed E-state index contributed by atoms with van der Waals surface area (Å²) in [5.41, 5.74) is -0.130. The predicted molar refractivity (Wildman–Crippen MR) is 47.1 cm³/mol. The normalized spacial score (nSPS) is 48.3. The monoisotopic (exact) mass is 178 g/mol. The van der Waals surface area contributed by atoms with Gasteiger partial charge in [0.05, 0.1) is 0 Å². The average molecular weight is 178 g/mol. The summed E-state index contributed by atoms with van der Waals surface area (Å²) in [5, 5.41) is 0. The smallest absolute Gasteiger partial charge is 0.141 e. The second-order valence-electron chi connectivity index (χ2n) is 4.76. The Morgan fingerprint density at radius 1 is 1.08 bits per heavy atom. The maximum absolute atomic E-state index is 11.9. The van der Waals surface area contributed by atoms with Crippen molar-refractivity contribution in [2.45, 2.75) is 38.5 Å². The highest BCUT2D eigenvalue weighted by molar-refractivity contribution is 6.05. The van der Waals surface area contributed by atoms with Gasteiger partial charge in [0.15, 0.2) is 0 Å². The van der Waals surface area contributed by atoms with Crippen LogP contribution in [0.25, 0.3) is 0 Å². The quantitative estimate of drug-likeness (QED) is 0.566. The first-order chi connectivity index (χ1) is 6.27. The van der Waals surface area contributed by atoms with Crippen LogP contribution in [0.3, 0.4) is 0 Å². The van der Waals surface area contributed by atoms with Crippen LogP contribution in [-0.4, -0.2) is 11.6 Å². The van der Waals surface area contributed by atoms with Gasteiger partial charge < -0.3 is 0 Å². The summed E-state index contributed by atoms with van der Waals surface area (Å²) in [6.45, 7) is 0. The zero-order chi connectivity index (χ0) is 9.05. The molecule has 70 valence electrons. The van der Waals surface area contributed by atoms with Crippen molar-refractivity contribution < 1.29 is 9.59 Å². The summed E-state index contributed by atoms with van der Waals surface area (Å²) in [4.78, 5) is 23.5. The van der Waals surface area contributed by atoms with E-state index in [1.54, 1.807) is 0 Å². The summed E-state index contributed by atoms with van der Waals surface area (Å²) in [7, 11) is 0. The van der Waals surface area contributed by atoms with Crippen LogP contribution in [0, 0.1) is 17.3 Å². The predicted octanol–water partition coefficient (Wildman–Crippen LogP) is 1.72. The summed E-state index contributed by atoms with van der Waals surface area (Å²) < 4.78 is 0. The van der Waals surface area contributed by atoms with Crippen molar-refractivity contribution in [3.05, 3.63) is 0 Å². The van der Waals surface area contributed by atoms with Crippen molar-refractivity contribution in [2.24, 2.45) is 17.3 Å². The van der Waals surface area contributed by atoms with E-state index in [4.69, 9.17) is 0 Å². The van der Waals surface area contributed by atoms with Gasteiger partial charge in [0.1, 0.15) is 11.6 Å². The zero-order valence-corrected chi connectivity index (χ0v) is 7.71. The van der Waals surface area contributed by atoms with Crippen molar-refractivity contribution in [2.75, 3.05) is 0 Å². The Bertz CT molecular complexity index is 294. The molecule has 1 spiro atoms. The molecule has 0 radical (unpaired) electrons. The highest BCUT2D eigenvalue weighted by atomic mass is 16.1. The number of Topliss-reactive ketones (excluding diaryl/α,β-unsaturated/α-hetero) is 2. The Kier molecular flexibility index (Phi) is 1.32. The zero-order valence-electron chi connectivity index (χ0n) is 7.71. The lowest BCUT2D eigenvalue weighted by atomic mass is 9.48. The average Bonchev–Trinajstić information content (AvgIpc) is 2.50. The molecule has 3 fully saturated rings. The molecule has 3 saturated carbocycles. The third kappa shape index (κ3) is 0.673. The highest BCUT2D eigenvalue weighted by Crippen LogP contribution is 2.63. The van der Waals surface area contributed by atoms with Gasteiger partial charge in [-0.05, 0) is 25.7 Å². The van der Waals surface area contributed by atoms with Crippen LogP contribution in [-0.2, 0) is 9.59 Å². The van der Waals surface area contributed by atoms with E-state index >= 15 is 0 Å². The van der Waals surface area contributed by atoms with Crippen LogP contribution in [0.2, 0.25) is 0 Å². The first-order valence-electron chi connectivity index (χ1n) is 5.34. The van der Waals surface area contributed by atoms with Gasteiger partial charge in [-0.25, -0.2) is 0 Å². The van der Waals surface area contributed by atoms with Crippen molar-refractivity contribution >= 4 is 11.6 Å². The second-order valence-corrected chi connectivity index (χ2v) is 4.76. The minimum atomic E-state index is -0.130. The van der Waals surface area contributed by atoms with E-state index in [1.807, 2.05) is 0 Å². The van der Waals surface area contributed by atoms with E-state index in [2.05, 4.69) is 0 Å². The molecule has 13 heavy (non-hydrogen) atoms. The van der Waals surface area contributed by atoms with Crippen LogP contribution in [0.1, 0.15) is 38.5 Å². The molecule has 3 aliphatic rings. The molecule has 3 rings (SSSR count). The maximum Gasteiger partial charge on any atom is 0.141 e. The first kappa shape index (κ1) is 7.72. The Morgan fingerprint density at radius 2 is 1.77 bits per heavy atom. The summed E-state index contributed by atoms with van der Waals surface area (Å²) in [6.07, 6.45) is 5.76. The lowest BCUT2D eigenvalue weighted by molar-refractivity contribution is -0.167. The Morgan fingerprint density at radius 3 is 2.54 bits per heavy atom. The number of carbonyl (C=O) groups is 2. The highest BCUT2D eigenvalue weighted by Gasteiger charge is 2.67. The van der Waals surface area contributed by atoms with Crippen LogP contribution in [0.4, 0.5) is 0 Å². The molecule has 0 heterocycles. The summed E-state index contributed by atoms with van der Waals surface area (Å²) >= 11 is 0. The molecule has 0 aromatic heterocycles. The van der Waals surface area contributed by atoms with Gasteiger partial charge in [-0.15, -0.1) is 0 Å². The van der Waals surface area contributed by atoms with Gasteiger partial charge in [0, 0.05) is 23.7 Å². The SMILES string of the molecule is O=C1C2CCCC23C(=O)CCC[C@H]13. The van der Waals surface area contributed by atoms with E-state index in [0.717, 1.165) is 38.5 Å². The molecule has 0 aromatic carbocycles. The number of carbonyl (C=O) groups excluding carboxylic acids is 2. The van der Waals surface area contributed by atoms with Gasteiger partial charge in [-0.1, -0.05) is 6.42 Å². The molecular weight excluding hydrogens is 164 g/mol. The van der Waals surface area contributed by atoms with E-state index in [-0.39, 0.29) is 17.3 Å². The van der Waals surface area contributed by atoms with Crippen molar-refractivity contribution in [1.29, 1.82) is 0 Å². The Balaban J connectivity index is 2.03. The Labute approximate surface area is 77.7 Å². The van der Waals surface area contributed by atoms with E-state index in [1.165, 1.54) is 0 Å². The molecular formula is C11H14O2. The molecule has 2 heteroatoms. The van der Waals surface area contributed by atoms with Gasteiger partial charge in [0.25, 0.3) is 0 Å². The molecule has 3 aliphatic carbocycles. The fourth-order valence-electron chi connectivity index (χ4n) is 3.87. The lowest BCUT2D eigenvalue weighted by Gasteiger charge is -2.52. The fourth-order valence-corrected chi connectivity index (χ4v) is 3.87. The molecule has 0 saturated heterocycles.